The zero-order valence-corrected chi connectivity index (χ0v) is 19.3. The zero-order valence-electron chi connectivity index (χ0n) is 18.5. The van der Waals surface area contributed by atoms with Crippen LogP contribution in [0.15, 0.2) is 29.9 Å². The molecule has 168 valence electrons. The molecule has 3 aliphatic rings. The first-order valence-electron chi connectivity index (χ1n) is 12.0. The van der Waals surface area contributed by atoms with Gasteiger partial charge in [-0.05, 0) is 62.4 Å². The minimum Gasteiger partial charge on any atom is -0.379 e. The van der Waals surface area contributed by atoms with Crippen LogP contribution in [0.5, 0.6) is 0 Å². The minimum absolute atomic E-state index is 0.598. The molecule has 0 spiro atoms. The van der Waals surface area contributed by atoms with E-state index in [1.807, 2.05) is 17.5 Å². The molecule has 1 atom stereocenters. The van der Waals surface area contributed by atoms with Crippen LogP contribution in [0, 0.1) is 0 Å². The smallest absolute Gasteiger partial charge is 0.137 e. The van der Waals surface area contributed by atoms with E-state index >= 15 is 0 Å². The van der Waals surface area contributed by atoms with E-state index < -0.39 is 0 Å². The molecule has 6 rings (SSSR count). The summed E-state index contributed by atoms with van der Waals surface area (Å²) in [5.41, 5.74) is 5.90. The first kappa shape index (κ1) is 20.5. The van der Waals surface area contributed by atoms with E-state index in [-0.39, 0.29) is 0 Å². The van der Waals surface area contributed by atoms with Crippen LogP contribution in [-0.2, 0) is 4.74 Å². The average molecular weight is 450 g/mol. The molecule has 2 saturated heterocycles. The van der Waals surface area contributed by atoms with Crippen molar-refractivity contribution in [1.82, 2.24) is 25.2 Å². The number of fused-ring (bicyclic) bond motifs is 1. The number of H-pyrrole nitrogens is 1. The van der Waals surface area contributed by atoms with Crippen LogP contribution >= 0.6 is 11.3 Å². The summed E-state index contributed by atoms with van der Waals surface area (Å²) >= 11 is 1.81. The highest BCUT2D eigenvalue weighted by Crippen LogP contribution is 2.36. The number of hydrogen-bond donors (Lipinski definition) is 2. The van der Waals surface area contributed by atoms with E-state index in [1.54, 1.807) is 0 Å². The fourth-order valence-electron chi connectivity index (χ4n) is 5.42. The molecule has 3 aromatic heterocycles. The Morgan fingerprint density at radius 2 is 2.00 bits per heavy atom. The number of nitrogens with zero attached hydrogens (tertiary/aromatic N) is 3. The molecule has 0 radical (unpaired) electrons. The van der Waals surface area contributed by atoms with Gasteiger partial charge >= 0.3 is 0 Å². The summed E-state index contributed by atoms with van der Waals surface area (Å²) in [6.07, 6.45) is 12.4. The summed E-state index contributed by atoms with van der Waals surface area (Å²) in [5, 5.41) is 8.14. The van der Waals surface area contributed by atoms with Crippen LogP contribution in [0.25, 0.3) is 27.9 Å². The van der Waals surface area contributed by atoms with Crippen molar-refractivity contribution in [3.8, 4) is 11.3 Å². The number of hydrogen-bond acceptors (Lipinski definition) is 6. The van der Waals surface area contributed by atoms with Crippen molar-refractivity contribution in [2.45, 2.75) is 44.1 Å². The highest BCUT2D eigenvalue weighted by atomic mass is 32.1. The number of rotatable bonds is 4. The van der Waals surface area contributed by atoms with Gasteiger partial charge in [-0.3, -0.25) is 4.90 Å². The maximum atomic E-state index is 5.52. The van der Waals surface area contributed by atoms with Gasteiger partial charge in [0.2, 0.25) is 0 Å². The quantitative estimate of drug-likeness (QED) is 0.617. The second-order valence-electron chi connectivity index (χ2n) is 9.22. The number of ether oxygens (including phenoxy) is 1. The third-order valence-electron chi connectivity index (χ3n) is 7.33. The number of nitrogens with one attached hydrogen (secondary N) is 2. The predicted octanol–water partition coefficient (Wildman–Crippen LogP) is 4.42. The standard InChI is InChI=1S/C25H31N5OS/c1-3-20(30-9-11-31-12-10-30)4-2-17(1)19-13-21-22(15-28-24(21)27-14-19)23-16-32-25(29-23)18-5-7-26-8-6-18/h1,13-16,18,20,26H,2-12H2,(H,27,28). The third-order valence-corrected chi connectivity index (χ3v) is 8.34. The molecular formula is C25H31N5OS. The highest BCUT2D eigenvalue weighted by molar-refractivity contribution is 7.10. The van der Waals surface area contributed by atoms with Crippen LogP contribution < -0.4 is 5.32 Å². The maximum absolute atomic E-state index is 5.52. The summed E-state index contributed by atoms with van der Waals surface area (Å²) < 4.78 is 5.52. The SMILES string of the molecule is C1=C(c2cnc3[nH]cc(-c4csc(C5CCNCC5)n4)c3c2)CCC(N2CCOCC2)C1. The lowest BCUT2D eigenvalue weighted by Gasteiger charge is -2.36. The lowest BCUT2D eigenvalue weighted by Crippen LogP contribution is -2.43. The summed E-state index contributed by atoms with van der Waals surface area (Å²) in [6, 6.07) is 2.98. The van der Waals surface area contributed by atoms with Crippen LogP contribution in [-0.4, -0.2) is 65.3 Å². The van der Waals surface area contributed by atoms with Crippen molar-refractivity contribution >= 4 is 27.9 Å². The topological polar surface area (TPSA) is 66.1 Å². The van der Waals surface area contributed by atoms with Gasteiger partial charge in [-0.2, -0.15) is 0 Å². The minimum atomic E-state index is 0.598. The molecule has 2 N–H and O–H groups in total. The molecule has 0 bridgehead atoms. The second kappa shape index (κ2) is 9.06. The molecule has 0 aromatic carbocycles. The molecule has 0 amide bonds. The summed E-state index contributed by atoms with van der Waals surface area (Å²) in [7, 11) is 0. The number of aromatic amines is 1. The molecule has 6 nitrogen and oxygen atoms in total. The molecular weight excluding hydrogens is 418 g/mol. The van der Waals surface area contributed by atoms with E-state index in [0.717, 1.165) is 63.6 Å². The lowest BCUT2D eigenvalue weighted by molar-refractivity contribution is 0.0150. The Morgan fingerprint density at radius 1 is 1.12 bits per heavy atom. The van der Waals surface area contributed by atoms with E-state index in [0.29, 0.717) is 12.0 Å². The van der Waals surface area contributed by atoms with Gasteiger partial charge in [0, 0.05) is 53.8 Å². The second-order valence-corrected chi connectivity index (χ2v) is 10.1. The molecule has 7 heteroatoms. The average Bonchev–Trinajstić information content (AvgIpc) is 3.52. The van der Waals surface area contributed by atoms with Crippen molar-refractivity contribution in [3.05, 3.63) is 40.5 Å². The number of morpholine rings is 1. The van der Waals surface area contributed by atoms with Crippen molar-refractivity contribution in [3.63, 3.8) is 0 Å². The van der Waals surface area contributed by atoms with Crippen molar-refractivity contribution in [2.75, 3.05) is 39.4 Å². The molecule has 2 aliphatic heterocycles. The first-order valence-corrected chi connectivity index (χ1v) is 12.9. The fourth-order valence-corrected chi connectivity index (χ4v) is 6.41. The molecule has 5 heterocycles. The molecule has 2 fully saturated rings. The molecule has 32 heavy (non-hydrogen) atoms. The summed E-state index contributed by atoms with van der Waals surface area (Å²) in [5.74, 6) is 0.598. The molecule has 1 unspecified atom stereocenters. The Morgan fingerprint density at radius 3 is 2.81 bits per heavy atom. The molecule has 3 aromatic rings. The van der Waals surface area contributed by atoms with Gasteiger partial charge in [-0.1, -0.05) is 6.08 Å². The predicted molar refractivity (Wildman–Crippen MR) is 130 cm³/mol. The molecule has 1 aliphatic carbocycles. The van der Waals surface area contributed by atoms with E-state index in [9.17, 15) is 0 Å². The van der Waals surface area contributed by atoms with Gasteiger partial charge in [-0.15, -0.1) is 11.3 Å². The number of thiazole rings is 1. The van der Waals surface area contributed by atoms with Crippen molar-refractivity contribution in [1.29, 1.82) is 0 Å². The van der Waals surface area contributed by atoms with Crippen LogP contribution in [0.1, 0.15) is 48.6 Å². The summed E-state index contributed by atoms with van der Waals surface area (Å²) in [4.78, 5) is 15.8. The monoisotopic (exact) mass is 449 g/mol. The highest BCUT2D eigenvalue weighted by Gasteiger charge is 2.24. The number of aromatic nitrogens is 3. The number of allylic oxidation sites excluding steroid dienone is 1. The Labute approximate surface area is 193 Å². The van der Waals surface area contributed by atoms with Gasteiger partial charge in [0.25, 0.3) is 0 Å². The zero-order chi connectivity index (χ0) is 21.3. The third kappa shape index (κ3) is 4.03. The van der Waals surface area contributed by atoms with Gasteiger partial charge < -0.3 is 15.0 Å². The van der Waals surface area contributed by atoms with Gasteiger partial charge in [0.05, 0.1) is 23.9 Å². The van der Waals surface area contributed by atoms with Crippen molar-refractivity contribution in [2.24, 2.45) is 0 Å². The van der Waals surface area contributed by atoms with Gasteiger partial charge in [0.15, 0.2) is 0 Å². The van der Waals surface area contributed by atoms with E-state index in [1.165, 1.54) is 46.4 Å². The normalized spacial score (nSPS) is 23.5. The van der Waals surface area contributed by atoms with E-state index in [2.05, 4.69) is 38.9 Å². The Kier molecular flexibility index (Phi) is 5.81. The van der Waals surface area contributed by atoms with Gasteiger partial charge in [-0.25, -0.2) is 9.97 Å². The van der Waals surface area contributed by atoms with Crippen LogP contribution in [0.2, 0.25) is 0 Å². The largest absolute Gasteiger partial charge is 0.379 e. The molecule has 0 saturated carbocycles. The fraction of sp³-hybridized carbons (Fsp3) is 0.520. The van der Waals surface area contributed by atoms with Gasteiger partial charge in [0.1, 0.15) is 5.65 Å². The number of piperidine rings is 1. The Hall–Kier alpha value is -2.06. The van der Waals surface area contributed by atoms with Crippen molar-refractivity contribution < 1.29 is 4.74 Å². The van der Waals surface area contributed by atoms with Crippen LogP contribution in [0.4, 0.5) is 0 Å². The maximum Gasteiger partial charge on any atom is 0.137 e. The first-order chi connectivity index (χ1) is 15.8. The summed E-state index contributed by atoms with van der Waals surface area (Å²) in [6.45, 7) is 6.09. The Bertz CT molecular complexity index is 1110. The lowest BCUT2D eigenvalue weighted by atomic mass is 9.90. The van der Waals surface area contributed by atoms with E-state index in [4.69, 9.17) is 14.7 Å². The number of pyridine rings is 1. The van der Waals surface area contributed by atoms with Crippen LogP contribution in [0.3, 0.4) is 0 Å². The Balaban J connectivity index is 1.24.